The van der Waals surface area contributed by atoms with Gasteiger partial charge in [0, 0.05) is 24.0 Å². The summed E-state index contributed by atoms with van der Waals surface area (Å²) in [5.41, 5.74) is 8.67. The molecule has 0 aliphatic rings. The molecule has 126 valence electrons. The molecule has 1 aromatic heterocycles. The molecule has 0 saturated carbocycles. The lowest BCUT2D eigenvalue weighted by atomic mass is 10.1. The van der Waals surface area contributed by atoms with Gasteiger partial charge in [0.2, 0.25) is 0 Å². The molecule has 0 aliphatic heterocycles. The maximum Gasteiger partial charge on any atom is 0.278 e. The number of nitrogens with zero attached hydrogens (tertiary/aromatic N) is 2. The van der Waals surface area contributed by atoms with Crippen molar-refractivity contribution in [1.82, 2.24) is 9.36 Å². The summed E-state index contributed by atoms with van der Waals surface area (Å²) >= 11 is 0. The largest absolute Gasteiger partial charge is 0.399 e. The summed E-state index contributed by atoms with van der Waals surface area (Å²) in [6.45, 7) is 1.86. The van der Waals surface area contributed by atoms with Crippen LogP contribution in [0.4, 0.5) is 5.69 Å². The minimum atomic E-state index is -0.172. The van der Waals surface area contributed by atoms with E-state index in [-0.39, 0.29) is 11.3 Å². The van der Waals surface area contributed by atoms with Crippen LogP contribution in [0.25, 0.3) is 11.8 Å². The first-order valence-corrected chi connectivity index (χ1v) is 7.91. The van der Waals surface area contributed by atoms with Crippen LogP contribution in [0.15, 0.2) is 65.5 Å². The van der Waals surface area contributed by atoms with Crippen molar-refractivity contribution in [1.29, 1.82) is 0 Å². The first-order valence-electron chi connectivity index (χ1n) is 7.91. The van der Waals surface area contributed by atoms with Crippen molar-refractivity contribution in [3.63, 3.8) is 0 Å². The van der Waals surface area contributed by atoms with E-state index < -0.39 is 0 Å². The molecule has 25 heavy (non-hydrogen) atoms. The molecule has 5 nitrogen and oxygen atoms in total. The van der Waals surface area contributed by atoms with Crippen LogP contribution in [0, 0.1) is 6.92 Å². The van der Waals surface area contributed by atoms with Crippen molar-refractivity contribution in [2.75, 3.05) is 5.73 Å². The van der Waals surface area contributed by atoms with E-state index in [1.165, 1.54) is 6.08 Å². The quantitative estimate of drug-likeness (QED) is 0.453. The van der Waals surface area contributed by atoms with Gasteiger partial charge in [0.25, 0.3) is 5.56 Å². The van der Waals surface area contributed by atoms with E-state index in [9.17, 15) is 9.59 Å². The van der Waals surface area contributed by atoms with Gasteiger partial charge >= 0.3 is 0 Å². The number of rotatable bonds is 4. The summed E-state index contributed by atoms with van der Waals surface area (Å²) in [5.74, 6) is -0.172. The summed E-state index contributed by atoms with van der Waals surface area (Å²) in [5, 5.41) is 0. The first kappa shape index (κ1) is 16.5. The van der Waals surface area contributed by atoms with Crippen LogP contribution in [-0.2, 0) is 7.05 Å². The topological polar surface area (TPSA) is 70.0 Å². The molecule has 0 spiro atoms. The maximum atomic E-state index is 12.8. The second-order valence-electron chi connectivity index (χ2n) is 5.79. The highest BCUT2D eigenvalue weighted by molar-refractivity contribution is 6.07. The van der Waals surface area contributed by atoms with Crippen molar-refractivity contribution >= 4 is 17.5 Å². The van der Waals surface area contributed by atoms with E-state index in [1.54, 1.807) is 39.7 Å². The fraction of sp³-hybridized carbons (Fsp3) is 0.100. The zero-order valence-corrected chi connectivity index (χ0v) is 14.1. The Hall–Kier alpha value is -3.34. The average Bonchev–Trinajstić information content (AvgIpc) is 2.83. The summed E-state index contributed by atoms with van der Waals surface area (Å²) in [6.07, 6.45) is 3.00. The van der Waals surface area contributed by atoms with Crippen LogP contribution < -0.4 is 11.3 Å². The Morgan fingerprint density at radius 2 is 1.68 bits per heavy atom. The summed E-state index contributed by atoms with van der Waals surface area (Å²) in [6, 6.07) is 16.1. The number of allylic oxidation sites excluding steroid dienone is 1. The van der Waals surface area contributed by atoms with Gasteiger partial charge in [-0.2, -0.15) is 0 Å². The number of carbonyl (C=O) groups is 1. The molecule has 0 unspecified atom stereocenters. The molecule has 2 aromatic carbocycles. The Bertz CT molecular complexity index is 994. The predicted octanol–water partition coefficient (Wildman–Crippen LogP) is 2.96. The van der Waals surface area contributed by atoms with Crippen LogP contribution in [0.3, 0.4) is 0 Å². The number of nitrogen functional groups attached to an aromatic ring is 1. The van der Waals surface area contributed by atoms with Gasteiger partial charge in [-0.05, 0) is 55.5 Å². The number of aromatic nitrogens is 2. The van der Waals surface area contributed by atoms with Crippen LogP contribution in [0.2, 0.25) is 0 Å². The normalized spacial score (nSPS) is 11.1. The van der Waals surface area contributed by atoms with E-state index in [0.717, 1.165) is 11.4 Å². The third-order valence-corrected chi connectivity index (χ3v) is 4.20. The number of anilines is 1. The third kappa shape index (κ3) is 3.17. The zero-order chi connectivity index (χ0) is 18.0. The SMILES string of the molecule is Cc1c(/C=C/C(=O)c2ccc(N)cc2)c(=O)n(-c2ccccc2)n1C. The van der Waals surface area contributed by atoms with E-state index in [4.69, 9.17) is 5.73 Å². The number of para-hydroxylation sites is 1. The molecule has 0 fully saturated rings. The third-order valence-electron chi connectivity index (χ3n) is 4.20. The second-order valence-corrected chi connectivity index (χ2v) is 5.79. The Labute approximate surface area is 145 Å². The molecule has 2 N–H and O–H groups in total. The predicted molar refractivity (Wildman–Crippen MR) is 100.0 cm³/mol. The van der Waals surface area contributed by atoms with Crippen molar-refractivity contribution in [3.8, 4) is 5.69 Å². The summed E-state index contributed by atoms with van der Waals surface area (Å²) in [7, 11) is 1.82. The van der Waals surface area contributed by atoms with E-state index in [2.05, 4.69) is 0 Å². The highest BCUT2D eigenvalue weighted by Gasteiger charge is 2.14. The van der Waals surface area contributed by atoms with Gasteiger partial charge in [-0.15, -0.1) is 0 Å². The van der Waals surface area contributed by atoms with Gasteiger partial charge in [-0.1, -0.05) is 18.2 Å². The fourth-order valence-electron chi connectivity index (χ4n) is 2.68. The monoisotopic (exact) mass is 333 g/mol. The highest BCUT2D eigenvalue weighted by atomic mass is 16.1. The van der Waals surface area contributed by atoms with E-state index in [1.807, 2.05) is 44.3 Å². The molecular formula is C20H19N3O2. The van der Waals surface area contributed by atoms with Crippen LogP contribution in [-0.4, -0.2) is 15.1 Å². The molecule has 0 aliphatic carbocycles. The Morgan fingerprint density at radius 1 is 1.04 bits per heavy atom. The Kier molecular flexibility index (Phi) is 4.39. The molecular weight excluding hydrogens is 314 g/mol. The van der Waals surface area contributed by atoms with E-state index >= 15 is 0 Å². The van der Waals surface area contributed by atoms with Crippen molar-refractivity contribution in [3.05, 3.63) is 87.8 Å². The second kappa shape index (κ2) is 6.65. The fourth-order valence-corrected chi connectivity index (χ4v) is 2.68. The minimum absolute atomic E-state index is 0.160. The lowest BCUT2D eigenvalue weighted by Crippen LogP contribution is -2.20. The van der Waals surface area contributed by atoms with Crippen molar-refractivity contribution in [2.24, 2.45) is 7.05 Å². The standard InChI is InChI=1S/C20H19N3O2/c1-14-18(12-13-19(24)15-8-10-16(21)11-9-15)20(25)23(22(14)2)17-6-4-3-5-7-17/h3-13H,21H2,1-2H3/b13-12+. The molecule has 0 amide bonds. The van der Waals surface area contributed by atoms with Gasteiger partial charge in [-0.25, -0.2) is 4.68 Å². The first-order chi connectivity index (χ1) is 12.0. The summed E-state index contributed by atoms with van der Waals surface area (Å²) < 4.78 is 3.37. The lowest BCUT2D eigenvalue weighted by Gasteiger charge is -2.07. The maximum absolute atomic E-state index is 12.8. The van der Waals surface area contributed by atoms with Gasteiger partial charge in [-0.3, -0.25) is 14.3 Å². The lowest BCUT2D eigenvalue weighted by molar-refractivity contribution is 0.104. The molecule has 5 heteroatoms. The van der Waals surface area contributed by atoms with Crippen molar-refractivity contribution in [2.45, 2.75) is 6.92 Å². The average molecular weight is 333 g/mol. The number of nitrogens with two attached hydrogens (primary N) is 1. The highest BCUT2D eigenvalue weighted by Crippen LogP contribution is 2.12. The Morgan fingerprint density at radius 3 is 2.32 bits per heavy atom. The molecule has 3 rings (SSSR count). The zero-order valence-electron chi connectivity index (χ0n) is 14.1. The Balaban J connectivity index is 1.97. The minimum Gasteiger partial charge on any atom is -0.399 e. The molecule has 0 atom stereocenters. The van der Waals surface area contributed by atoms with Crippen LogP contribution >= 0.6 is 0 Å². The smallest absolute Gasteiger partial charge is 0.278 e. The molecule has 3 aromatic rings. The number of hydrogen-bond donors (Lipinski definition) is 1. The summed E-state index contributed by atoms with van der Waals surface area (Å²) in [4.78, 5) is 25.0. The number of hydrogen-bond acceptors (Lipinski definition) is 3. The van der Waals surface area contributed by atoms with Gasteiger partial charge in [0.15, 0.2) is 5.78 Å². The van der Waals surface area contributed by atoms with Crippen molar-refractivity contribution < 1.29 is 4.79 Å². The molecule has 1 heterocycles. The molecule has 0 saturated heterocycles. The number of carbonyl (C=O) groups excluding carboxylic acids is 1. The van der Waals surface area contributed by atoms with Crippen LogP contribution in [0.5, 0.6) is 0 Å². The van der Waals surface area contributed by atoms with Crippen LogP contribution in [0.1, 0.15) is 21.6 Å². The molecule has 0 bridgehead atoms. The van der Waals surface area contributed by atoms with Gasteiger partial charge in [0.05, 0.1) is 11.3 Å². The number of ketones is 1. The van der Waals surface area contributed by atoms with E-state index in [0.29, 0.717) is 16.8 Å². The van der Waals surface area contributed by atoms with Gasteiger partial charge < -0.3 is 5.73 Å². The number of benzene rings is 2. The molecule has 0 radical (unpaired) electrons. The van der Waals surface area contributed by atoms with Gasteiger partial charge in [0.1, 0.15) is 0 Å².